The van der Waals surface area contributed by atoms with Crippen molar-refractivity contribution in [1.82, 2.24) is 9.88 Å². The standard InChI is InChI=1S/C15H24N4O2/c1-12(11-21-2)9-15(20)19-7-5-18(6-8-19)14-4-3-13(16)10-17-14/h3-4,10,12H,5-9,11,16H2,1-2H3. The lowest BCUT2D eigenvalue weighted by Crippen LogP contribution is -2.49. The molecule has 1 aromatic rings. The Bertz CT molecular complexity index is 455. The minimum Gasteiger partial charge on any atom is -0.397 e. The van der Waals surface area contributed by atoms with Gasteiger partial charge in [-0.15, -0.1) is 0 Å². The number of ether oxygens (including phenoxy) is 1. The molecule has 1 fully saturated rings. The van der Waals surface area contributed by atoms with Crippen LogP contribution in [-0.4, -0.2) is 55.7 Å². The number of methoxy groups -OCH3 is 1. The van der Waals surface area contributed by atoms with E-state index in [9.17, 15) is 4.79 Å². The van der Waals surface area contributed by atoms with Crippen LogP contribution in [0.2, 0.25) is 0 Å². The number of piperazine rings is 1. The Balaban J connectivity index is 1.82. The number of hydrogen-bond donors (Lipinski definition) is 1. The summed E-state index contributed by atoms with van der Waals surface area (Å²) in [6.45, 7) is 5.76. The second-order valence-corrected chi connectivity index (χ2v) is 5.58. The van der Waals surface area contributed by atoms with Gasteiger partial charge in [0.15, 0.2) is 0 Å². The third-order valence-electron chi connectivity index (χ3n) is 3.70. The van der Waals surface area contributed by atoms with E-state index in [0.29, 0.717) is 18.7 Å². The lowest BCUT2D eigenvalue weighted by Gasteiger charge is -2.35. The predicted molar refractivity (Wildman–Crippen MR) is 83.1 cm³/mol. The number of carbonyl (C=O) groups is 1. The van der Waals surface area contributed by atoms with Crippen LogP contribution in [-0.2, 0) is 9.53 Å². The second kappa shape index (κ2) is 7.26. The maximum atomic E-state index is 12.2. The Hall–Kier alpha value is -1.82. The molecule has 6 heteroatoms. The molecule has 1 aromatic heterocycles. The highest BCUT2D eigenvalue weighted by Gasteiger charge is 2.22. The summed E-state index contributed by atoms with van der Waals surface area (Å²) in [7, 11) is 1.67. The topological polar surface area (TPSA) is 71.7 Å². The Labute approximate surface area is 125 Å². The van der Waals surface area contributed by atoms with Crippen LogP contribution in [0, 0.1) is 5.92 Å². The largest absolute Gasteiger partial charge is 0.397 e. The summed E-state index contributed by atoms with van der Waals surface area (Å²) in [5, 5.41) is 0. The highest BCUT2D eigenvalue weighted by molar-refractivity contribution is 5.76. The van der Waals surface area contributed by atoms with Crippen LogP contribution in [0.4, 0.5) is 11.5 Å². The average Bonchev–Trinajstić information content (AvgIpc) is 2.48. The van der Waals surface area contributed by atoms with Gasteiger partial charge in [-0.1, -0.05) is 6.92 Å². The number of nitrogens with zero attached hydrogens (tertiary/aromatic N) is 3. The van der Waals surface area contributed by atoms with Gasteiger partial charge >= 0.3 is 0 Å². The normalized spacial score (nSPS) is 16.9. The van der Waals surface area contributed by atoms with Gasteiger partial charge < -0.3 is 20.3 Å². The van der Waals surface area contributed by atoms with Gasteiger partial charge in [0.05, 0.1) is 11.9 Å². The molecule has 0 aliphatic carbocycles. The summed E-state index contributed by atoms with van der Waals surface area (Å²) in [5.74, 6) is 1.40. The van der Waals surface area contributed by atoms with Gasteiger partial charge in [0, 0.05) is 46.3 Å². The summed E-state index contributed by atoms with van der Waals surface area (Å²) < 4.78 is 5.08. The predicted octanol–water partition coefficient (Wildman–Crippen LogP) is 0.985. The molecule has 1 aliphatic rings. The molecule has 0 radical (unpaired) electrons. The van der Waals surface area contributed by atoms with Gasteiger partial charge in [-0.2, -0.15) is 0 Å². The van der Waals surface area contributed by atoms with E-state index in [1.165, 1.54) is 0 Å². The fraction of sp³-hybridized carbons (Fsp3) is 0.600. The number of aromatic nitrogens is 1. The molecular weight excluding hydrogens is 268 g/mol. The maximum absolute atomic E-state index is 12.2. The smallest absolute Gasteiger partial charge is 0.223 e. The van der Waals surface area contributed by atoms with E-state index in [2.05, 4.69) is 9.88 Å². The van der Waals surface area contributed by atoms with Gasteiger partial charge in [-0.3, -0.25) is 4.79 Å². The minimum absolute atomic E-state index is 0.212. The van der Waals surface area contributed by atoms with Crippen molar-refractivity contribution in [1.29, 1.82) is 0 Å². The van der Waals surface area contributed by atoms with E-state index >= 15 is 0 Å². The molecule has 0 bridgehead atoms. The molecule has 1 aliphatic heterocycles. The van der Waals surface area contributed by atoms with E-state index in [1.807, 2.05) is 24.0 Å². The monoisotopic (exact) mass is 292 g/mol. The van der Waals surface area contributed by atoms with Crippen molar-refractivity contribution in [3.8, 4) is 0 Å². The fourth-order valence-corrected chi connectivity index (χ4v) is 2.54. The highest BCUT2D eigenvalue weighted by Crippen LogP contribution is 2.16. The van der Waals surface area contributed by atoms with Crippen molar-refractivity contribution in [3.63, 3.8) is 0 Å². The highest BCUT2D eigenvalue weighted by atomic mass is 16.5. The lowest BCUT2D eigenvalue weighted by atomic mass is 10.1. The molecule has 0 spiro atoms. The van der Waals surface area contributed by atoms with Crippen molar-refractivity contribution in [3.05, 3.63) is 18.3 Å². The summed E-state index contributed by atoms with van der Waals surface area (Å²) in [5.41, 5.74) is 6.31. The quantitative estimate of drug-likeness (QED) is 0.876. The zero-order valence-electron chi connectivity index (χ0n) is 12.8. The first-order chi connectivity index (χ1) is 10.1. The van der Waals surface area contributed by atoms with Crippen LogP contribution < -0.4 is 10.6 Å². The van der Waals surface area contributed by atoms with E-state index in [1.54, 1.807) is 13.3 Å². The van der Waals surface area contributed by atoms with Crippen LogP contribution >= 0.6 is 0 Å². The van der Waals surface area contributed by atoms with E-state index in [0.717, 1.165) is 32.0 Å². The van der Waals surface area contributed by atoms with Crippen molar-refractivity contribution in [2.75, 3.05) is 50.5 Å². The lowest BCUT2D eigenvalue weighted by molar-refractivity contribution is -0.132. The van der Waals surface area contributed by atoms with Crippen molar-refractivity contribution in [2.24, 2.45) is 5.92 Å². The van der Waals surface area contributed by atoms with E-state index < -0.39 is 0 Å². The van der Waals surface area contributed by atoms with Gasteiger partial charge in [0.2, 0.25) is 5.91 Å². The summed E-state index contributed by atoms with van der Waals surface area (Å²) in [6.07, 6.45) is 2.22. The minimum atomic E-state index is 0.212. The number of nitrogens with two attached hydrogens (primary N) is 1. The molecule has 2 rings (SSSR count). The molecule has 6 nitrogen and oxygen atoms in total. The number of rotatable bonds is 5. The van der Waals surface area contributed by atoms with Gasteiger partial charge in [0.1, 0.15) is 5.82 Å². The van der Waals surface area contributed by atoms with Crippen LogP contribution in [0.5, 0.6) is 0 Å². The molecule has 1 unspecified atom stereocenters. The molecule has 0 saturated carbocycles. The summed E-state index contributed by atoms with van der Waals surface area (Å²) >= 11 is 0. The molecule has 1 atom stereocenters. The first kappa shape index (κ1) is 15.6. The SMILES string of the molecule is COCC(C)CC(=O)N1CCN(c2ccc(N)cn2)CC1. The van der Waals surface area contributed by atoms with Crippen molar-refractivity contribution in [2.45, 2.75) is 13.3 Å². The van der Waals surface area contributed by atoms with Crippen LogP contribution in [0.25, 0.3) is 0 Å². The summed E-state index contributed by atoms with van der Waals surface area (Å²) in [4.78, 5) is 20.6. The Morgan fingerprint density at radius 2 is 2.10 bits per heavy atom. The molecule has 1 amide bonds. The van der Waals surface area contributed by atoms with E-state index in [4.69, 9.17) is 10.5 Å². The average molecular weight is 292 g/mol. The number of amides is 1. The van der Waals surface area contributed by atoms with Crippen LogP contribution in [0.15, 0.2) is 18.3 Å². The maximum Gasteiger partial charge on any atom is 0.223 e. The Kier molecular flexibility index (Phi) is 5.38. The molecular formula is C15H24N4O2. The Morgan fingerprint density at radius 3 is 2.67 bits per heavy atom. The van der Waals surface area contributed by atoms with Gasteiger partial charge in [-0.05, 0) is 18.1 Å². The van der Waals surface area contributed by atoms with Gasteiger partial charge in [-0.25, -0.2) is 4.98 Å². The third kappa shape index (κ3) is 4.32. The molecule has 2 N–H and O–H groups in total. The zero-order valence-corrected chi connectivity index (χ0v) is 12.8. The molecule has 0 aromatic carbocycles. The molecule has 21 heavy (non-hydrogen) atoms. The molecule has 1 saturated heterocycles. The first-order valence-corrected chi connectivity index (χ1v) is 7.33. The van der Waals surface area contributed by atoms with E-state index in [-0.39, 0.29) is 11.8 Å². The zero-order chi connectivity index (χ0) is 15.2. The number of carbonyl (C=O) groups excluding carboxylic acids is 1. The number of hydrogen-bond acceptors (Lipinski definition) is 5. The third-order valence-corrected chi connectivity index (χ3v) is 3.70. The van der Waals surface area contributed by atoms with Gasteiger partial charge in [0.25, 0.3) is 0 Å². The van der Waals surface area contributed by atoms with Crippen LogP contribution in [0.3, 0.4) is 0 Å². The first-order valence-electron chi connectivity index (χ1n) is 7.33. The van der Waals surface area contributed by atoms with Crippen LogP contribution in [0.1, 0.15) is 13.3 Å². The summed E-state index contributed by atoms with van der Waals surface area (Å²) in [6, 6.07) is 3.78. The Morgan fingerprint density at radius 1 is 1.38 bits per heavy atom. The number of nitrogen functional groups attached to an aromatic ring is 1. The fourth-order valence-electron chi connectivity index (χ4n) is 2.54. The molecule has 2 heterocycles. The van der Waals surface area contributed by atoms with Crippen molar-refractivity contribution < 1.29 is 9.53 Å². The number of anilines is 2. The second-order valence-electron chi connectivity index (χ2n) is 5.58. The van der Waals surface area contributed by atoms with Crippen molar-refractivity contribution >= 4 is 17.4 Å². The molecule has 116 valence electrons. The number of pyridine rings is 1.